The Morgan fingerprint density at radius 3 is 2.28 bits per heavy atom. The molecule has 1 N–H and O–H groups in total. The lowest BCUT2D eigenvalue weighted by Gasteiger charge is -2.21. The summed E-state index contributed by atoms with van der Waals surface area (Å²) in [7, 11) is 0. The number of alkyl halides is 2. The summed E-state index contributed by atoms with van der Waals surface area (Å²) >= 11 is 11.5. The summed E-state index contributed by atoms with van der Waals surface area (Å²) in [5, 5.41) is 9.25. The summed E-state index contributed by atoms with van der Waals surface area (Å²) in [6.45, 7) is -1.32. The van der Waals surface area contributed by atoms with Crippen LogP contribution in [0.15, 0.2) is 18.2 Å². The highest BCUT2D eigenvalue weighted by atomic mass is 35.5. The van der Waals surface area contributed by atoms with Crippen LogP contribution in [0.2, 0.25) is 10.0 Å². The van der Waals surface area contributed by atoms with Crippen LogP contribution in [-0.2, 0) is 0 Å². The maximum atomic E-state index is 12.3. The Morgan fingerprint density at radius 2 is 1.83 bits per heavy atom. The first kappa shape index (κ1) is 15.1. The summed E-state index contributed by atoms with van der Waals surface area (Å²) in [6.07, 6.45) is -2.67. The van der Waals surface area contributed by atoms with E-state index in [-0.39, 0.29) is 22.2 Å². The minimum Gasteiger partial charge on any atom is -0.395 e. The van der Waals surface area contributed by atoms with Crippen molar-refractivity contribution in [2.45, 2.75) is 6.43 Å². The van der Waals surface area contributed by atoms with Crippen molar-refractivity contribution in [1.82, 2.24) is 4.90 Å². The number of carbonyl (C=O) groups is 1. The van der Waals surface area contributed by atoms with Crippen molar-refractivity contribution in [2.24, 2.45) is 0 Å². The van der Waals surface area contributed by atoms with Gasteiger partial charge in [0.2, 0.25) is 0 Å². The second kappa shape index (κ2) is 6.87. The van der Waals surface area contributed by atoms with Gasteiger partial charge in [-0.05, 0) is 18.2 Å². The maximum Gasteiger partial charge on any atom is 0.255 e. The maximum absolute atomic E-state index is 12.3. The smallest absolute Gasteiger partial charge is 0.255 e. The van der Waals surface area contributed by atoms with E-state index in [1.54, 1.807) is 0 Å². The molecule has 0 aliphatic carbocycles. The molecule has 100 valence electrons. The fraction of sp³-hybridized carbons (Fsp3) is 0.364. The number of hydrogen-bond donors (Lipinski definition) is 1. The second-order valence-electron chi connectivity index (χ2n) is 3.52. The minimum atomic E-state index is -2.67. The highest BCUT2D eigenvalue weighted by molar-refractivity contribution is 6.35. The zero-order valence-electron chi connectivity index (χ0n) is 9.25. The van der Waals surface area contributed by atoms with Crippen molar-refractivity contribution in [3.8, 4) is 0 Å². The summed E-state index contributed by atoms with van der Waals surface area (Å²) in [5.74, 6) is -0.645. The van der Waals surface area contributed by atoms with Gasteiger partial charge < -0.3 is 10.0 Å². The lowest BCUT2D eigenvalue weighted by molar-refractivity contribution is 0.0509. The largest absolute Gasteiger partial charge is 0.395 e. The molecule has 1 aromatic rings. The second-order valence-corrected chi connectivity index (χ2v) is 4.40. The highest BCUT2D eigenvalue weighted by Crippen LogP contribution is 2.20. The summed E-state index contributed by atoms with van der Waals surface area (Å²) in [4.78, 5) is 12.8. The van der Waals surface area contributed by atoms with Gasteiger partial charge in [0.05, 0.1) is 13.2 Å². The summed E-state index contributed by atoms with van der Waals surface area (Å²) < 4.78 is 24.6. The van der Waals surface area contributed by atoms with Crippen LogP contribution < -0.4 is 0 Å². The number of halogens is 4. The van der Waals surface area contributed by atoms with Crippen LogP contribution in [0.25, 0.3) is 0 Å². The Balaban J connectivity index is 2.93. The molecule has 7 heteroatoms. The van der Waals surface area contributed by atoms with Gasteiger partial charge in [0.15, 0.2) is 0 Å². The van der Waals surface area contributed by atoms with Crippen LogP contribution in [0.5, 0.6) is 0 Å². The molecule has 1 aromatic carbocycles. The Morgan fingerprint density at radius 1 is 1.28 bits per heavy atom. The molecular weight excluding hydrogens is 287 g/mol. The van der Waals surface area contributed by atoms with Crippen molar-refractivity contribution >= 4 is 29.1 Å². The molecule has 18 heavy (non-hydrogen) atoms. The first-order chi connectivity index (χ1) is 8.43. The minimum absolute atomic E-state index is 0.113. The third-order valence-electron chi connectivity index (χ3n) is 2.13. The van der Waals surface area contributed by atoms with Crippen LogP contribution in [0.1, 0.15) is 10.4 Å². The van der Waals surface area contributed by atoms with E-state index in [1.165, 1.54) is 18.2 Å². The van der Waals surface area contributed by atoms with Crippen molar-refractivity contribution in [3.63, 3.8) is 0 Å². The van der Waals surface area contributed by atoms with E-state index in [0.29, 0.717) is 0 Å². The van der Waals surface area contributed by atoms with Gasteiger partial charge in [0.25, 0.3) is 12.3 Å². The molecular formula is C11H11Cl2F2NO2. The molecule has 0 saturated heterocycles. The average molecular weight is 298 g/mol. The Hall–Kier alpha value is -0.910. The molecule has 0 unspecified atom stereocenters. The lowest BCUT2D eigenvalue weighted by Crippen LogP contribution is -2.37. The lowest BCUT2D eigenvalue weighted by atomic mass is 10.2. The van der Waals surface area contributed by atoms with Gasteiger partial charge in [0.1, 0.15) is 0 Å². The number of aliphatic hydroxyl groups excluding tert-OH is 1. The van der Waals surface area contributed by atoms with Crippen LogP contribution in [-0.4, -0.2) is 42.0 Å². The van der Waals surface area contributed by atoms with Crippen molar-refractivity contribution in [3.05, 3.63) is 33.8 Å². The molecule has 0 spiro atoms. The average Bonchev–Trinajstić information content (AvgIpc) is 2.25. The summed E-state index contributed by atoms with van der Waals surface area (Å²) in [6, 6.07) is 4.11. The van der Waals surface area contributed by atoms with E-state index in [1.807, 2.05) is 0 Å². The van der Waals surface area contributed by atoms with Gasteiger partial charge in [-0.25, -0.2) is 8.78 Å². The normalized spacial score (nSPS) is 10.8. The molecule has 0 aliphatic heterocycles. The fourth-order valence-corrected chi connectivity index (χ4v) is 1.95. The third kappa shape index (κ3) is 4.40. The molecule has 1 amide bonds. The van der Waals surface area contributed by atoms with Gasteiger partial charge in [-0.15, -0.1) is 0 Å². The Labute approximate surface area is 113 Å². The van der Waals surface area contributed by atoms with Gasteiger partial charge in [0, 0.05) is 22.2 Å². The van der Waals surface area contributed by atoms with Crippen LogP contribution in [0, 0.1) is 0 Å². The molecule has 0 bridgehead atoms. The first-order valence-electron chi connectivity index (χ1n) is 5.08. The molecule has 0 radical (unpaired) electrons. The molecule has 0 heterocycles. The summed E-state index contributed by atoms with van der Waals surface area (Å²) in [5.41, 5.74) is 0.113. The van der Waals surface area contributed by atoms with Gasteiger partial charge in [-0.1, -0.05) is 23.2 Å². The van der Waals surface area contributed by atoms with Crippen molar-refractivity contribution in [2.75, 3.05) is 19.7 Å². The fourth-order valence-electron chi connectivity index (χ4n) is 1.42. The van der Waals surface area contributed by atoms with Crippen molar-refractivity contribution in [1.29, 1.82) is 0 Å². The van der Waals surface area contributed by atoms with E-state index < -0.39 is 25.5 Å². The molecule has 0 aromatic heterocycles. The molecule has 3 nitrogen and oxygen atoms in total. The Bertz CT molecular complexity index is 409. The SMILES string of the molecule is O=C(c1cc(Cl)cc(Cl)c1)N(CCO)CC(F)F. The van der Waals surface area contributed by atoms with Gasteiger partial charge in [-0.2, -0.15) is 0 Å². The zero-order chi connectivity index (χ0) is 13.7. The van der Waals surface area contributed by atoms with Gasteiger partial charge >= 0.3 is 0 Å². The third-order valence-corrected chi connectivity index (χ3v) is 2.56. The number of benzene rings is 1. The predicted octanol–water partition coefficient (Wildman–Crippen LogP) is 2.69. The van der Waals surface area contributed by atoms with Crippen LogP contribution >= 0.6 is 23.2 Å². The van der Waals surface area contributed by atoms with Crippen LogP contribution in [0.3, 0.4) is 0 Å². The number of rotatable bonds is 5. The molecule has 0 saturated carbocycles. The predicted molar refractivity (Wildman–Crippen MR) is 65.5 cm³/mol. The van der Waals surface area contributed by atoms with Gasteiger partial charge in [-0.3, -0.25) is 4.79 Å². The molecule has 1 rings (SSSR count). The van der Waals surface area contributed by atoms with E-state index in [4.69, 9.17) is 28.3 Å². The monoisotopic (exact) mass is 297 g/mol. The number of hydrogen-bond acceptors (Lipinski definition) is 2. The number of carbonyl (C=O) groups excluding carboxylic acids is 1. The molecule has 0 aliphatic rings. The Kier molecular flexibility index (Phi) is 5.78. The quantitative estimate of drug-likeness (QED) is 0.908. The first-order valence-corrected chi connectivity index (χ1v) is 5.84. The standard InChI is InChI=1S/C11H11Cl2F2NO2/c12-8-3-7(4-9(13)5-8)11(18)16(1-2-17)6-10(14)15/h3-5,10,17H,1-2,6H2. The topological polar surface area (TPSA) is 40.5 Å². The molecule has 0 atom stereocenters. The number of amides is 1. The van der Waals surface area contributed by atoms with E-state index >= 15 is 0 Å². The number of nitrogens with zero attached hydrogens (tertiary/aromatic N) is 1. The van der Waals surface area contributed by atoms with E-state index in [0.717, 1.165) is 4.90 Å². The zero-order valence-corrected chi connectivity index (χ0v) is 10.8. The van der Waals surface area contributed by atoms with E-state index in [9.17, 15) is 13.6 Å². The van der Waals surface area contributed by atoms with Crippen molar-refractivity contribution < 1.29 is 18.7 Å². The van der Waals surface area contributed by atoms with E-state index in [2.05, 4.69) is 0 Å². The van der Waals surface area contributed by atoms with Crippen LogP contribution in [0.4, 0.5) is 8.78 Å². The highest BCUT2D eigenvalue weighted by Gasteiger charge is 2.19. The molecule has 0 fully saturated rings. The number of aliphatic hydroxyl groups is 1.